The number of rotatable bonds is 4. The number of amidine groups is 1. The molecule has 0 unspecified atom stereocenters. The molecule has 27 heavy (non-hydrogen) atoms. The predicted octanol–water partition coefficient (Wildman–Crippen LogP) is 3.49. The van der Waals surface area contributed by atoms with Crippen LogP contribution in [-0.2, 0) is 4.79 Å². The van der Waals surface area contributed by atoms with E-state index < -0.39 is 16.8 Å². The topological polar surface area (TPSA) is 122 Å². The molecule has 0 saturated carbocycles. The van der Waals surface area contributed by atoms with Crippen LogP contribution in [0.25, 0.3) is 6.08 Å². The minimum atomic E-state index is -1.11. The van der Waals surface area contributed by atoms with Gasteiger partial charge in [-0.2, -0.15) is 0 Å². The number of nitro groups is 1. The van der Waals surface area contributed by atoms with E-state index in [9.17, 15) is 24.8 Å². The van der Waals surface area contributed by atoms with Gasteiger partial charge in [0.25, 0.3) is 11.6 Å². The van der Waals surface area contributed by atoms with Gasteiger partial charge in [0, 0.05) is 12.1 Å². The third kappa shape index (κ3) is 4.21. The van der Waals surface area contributed by atoms with Gasteiger partial charge < -0.3 is 10.4 Å². The van der Waals surface area contributed by atoms with Gasteiger partial charge in [0.1, 0.15) is 0 Å². The van der Waals surface area contributed by atoms with Crippen molar-refractivity contribution < 1.29 is 19.6 Å². The molecule has 0 aliphatic carbocycles. The van der Waals surface area contributed by atoms with Crippen LogP contribution in [0.1, 0.15) is 21.5 Å². The van der Waals surface area contributed by atoms with Crippen LogP contribution in [0.2, 0.25) is 0 Å². The summed E-state index contributed by atoms with van der Waals surface area (Å²) in [6.45, 7) is 1.81. The number of hydrogen-bond donors (Lipinski definition) is 2. The molecular formula is C18H13N3O5S. The van der Waals surface area contributed by atoms with Crippen LogP contribution in [0.4, 0.5) is 11.4 Å². The first-order chi connectivity index (χ1) is 12.8. The molecule has 1 saturated heterocycles. The second-order valence-electron chi connectivity index (χ2n) is 5.66. The Balaban J connectivity index is 1.91. The van der Waals surface area contributed by atoms with Crippen molar-refractivity contribution in [2.45, 2.75) is 6.92 Å². The number of amides is 1. The summed E-state index contributed by atoms with van der Waals surface area (Å²) in [6.07, 6.45) is 1.52. The Morgan fingerprint density at radius 1 is 1.30 bits per heavy atom. The zero-order chi connectivity index (χ0) is 19.6. The number of carboxylic acid groups (broad SMARTS) is 1. The summed E-state index contributed by atoms with van der Waals surface area (Å²) < 4.78 is 0. The number of aliphatic imine (C=N–C) groups is 1. The van der Waals surface area contributed by atoms with E-state index >= 15 is 0 Å². The highest BCUT2D eigenvalue weighted by molar-refractivity contribution is 8.18. The van der Waals surface area contributed by atoms with Gasteiger partial charge >= 0.3 is 5.97 Å². The molecule has 3 rings (SSSR count). The van der Waals surface area contributed by atoms with Gasteiger partial charge in [-0.05, 0) is 48.0 Å². The Labute approximate surface area is 157 Å². The molecule has 0 spiro atoms. The van der Waals surface area contributed by atoms with Crippen LogP contribution in [0.15, 0.2) is 52.4 Å². The average molecular weight is 383 g/mol. The van der Waals surface area contributed by atoms with Crippen molar-refractivity contribution in [3.05, 3.63) is 74.2 Å². The fraction of sp³-hybridized carbons (Fsp3) is 0.0556. The summed E-state index contributed by atoms with van der Waals surface area (Å²) >= 11 is 1.04. The van der Waals surface area contributed by atoms with Gasteiger partial charge in [-0.1, -0.05) is 18.2 Å². The smallest absolute Gasteiger partial charge is 0.337 e. The number of thioether (sulfide) groups is 1. The summed E-state index contributed by atoms with van der Waals surface area (Å²) in [6, 6.07) is 10.6. The normalized spacial score (nSPS) is 16.6. The number of carbonyl (C=O) groups is 2. The van der Waals surface area contributed by atoms with E-state index in [-0.39, 0.29) is 22.1 Å². The van der Waals surface area contributed by atoms with Crippen molar-refractivity contribution in [2.75, 3.05) is 0 Å². The maximum atomic E-state index is 12.2. The van der Waals surface area contributed by atoms with Gasteiger partial charge in [0.2, 0.25) is 0 Å². The number of aromatic carboxylic acids is 1. The predicted molar refractivity (Wildman–Crippen MR) is 102 cm³/mol. The summed E-state index contributed by atoms with van der Waals surface area (Å²) in [7, 11) is 0. The maximum absolute atomic E-state index is 12.2. The molecule has 1 amide bonds. The Morgan fingerprint density at radius 2 is 2.07 bits per heavy atom. The van der Waals surface area contributed by atoms with Crippen LogP contribution in [-0.4, -0.2) is 27.1 Å². The Morgan fingerprint density at radius 3 is 2.78 bits per heavy atom. The fourth-order valence-corrected chi connectivity index (χ4v) is 3.22. The lowest BCUT2D eigenvalue weighted by Crippen LogP contribution is -2.19. The minimum absolute atomic E-state index is 0.0269. The zero-order valence-corrected chi connectivity index (χ0v) is 14.8. The molecule has 2 N–H and O–H groups in total. The van der Waals surface area contributed by atoms with Crippen LogP contribution in [0, 0.1) is 17.0 Å². The second-order valence-corrected chi connectivity index (χ2v) is 6.69. The van der Waals surface area contributed by atoms with Gasteiger partial charge in [-0.25, -0.2) is 9.79 Å². The number of carboxylic acids is 1. The number of nitro benzene ring substituents is 1. The SMILES string of the molecule is Cc1ccc(C(=O)O)c(N=C2NC(=O)/C(=C/c3cccc([N+](=O)[O-])c3)S2)c1. The van der Waals surface area contributed by atoms with Gasteiger partial charge in [-0.15, -0.1) is 0 Å². The monoisotopic (exact) mass is 383 g/mol. The first kappa shape index (κ1) is 18.3. The molecule has 1 fully saturated rings. The molecule has 0 aromatic heterocycles. The second kappa shape index (κ2) is 7.42. The molecule has 136 valence electrons. The Kier molecular flexibility index (Phi) is 5.04. The van der Waals surface area contributed by atoms with Crippen molar-refractivity contribution in [1.29, 1.82) is 0 Å². The zero-order valence-electron chi connectivity index (χ0n) is 14.0. The first-order valence-electron chi connectivity index (χ1n) is 7.71. The number of aryl methyl sites for hydroxylation is 1. The molecule has 2 aromatic rings. The summed E-state index contributed by atoms with van der Waals surface area (Å²) in [5.41, 5.74) is 1.53. The Hall–Kier alpha value is -3.46. The molecule has 1 aliphatic rings. The van der Waals surface area contributed by atoms with Crippen LogP contribution in [0.5, 0.6) is 0 Å². The first-order valence-corrected chi connectivity index (χ1v) is 8.53. The number of non-ortho nitro benzene ring substituents is 1. The lowest BCUT2D eigenvalue weighted by Gasteiger charge is -2.03. The number of nitrogens with zero attached hydrogens (tertiary/aromatic N) is 2. The summed E-state index contributed by atoms with van der Waals surface area (Å²) in [5.74, 6) is -1.52. The molecule has 0 radical (unpaired) electrons. The molecule has 1 heterocycles. The van der Waals surface area contributed by atoms with Crippen LogP contribution >= 0.6 is 11.8 Å². The molecule has 8 nitrogen and oxygen atoms in total. The van der Waals surface area contributed by atoms with E-state index in [1.165, 1.54) is 30.3 Å². The fourth-order valence-electron chi connectivity index (χ4n) is 2.38. The van der Waals surface area contributed by atoms with E-state index in [1.807, 2.05) is 6.92 Å². The highest BCUT2D eigenvalue weighted by Crippen LogP contribution is 2.30. The van der Waals surface area contributed by atoms with Crippen molar-refractivity contribution in [3.8, 4) is 0 Å². The highest BCUT2D eigenvalue weighted by atomic mass is 32.2. The van der Waals surface area contributed by atoms with Gasteiger partial charge in [0.15, 0.2) is 5.17 Å². The van der Waals surface area contributed by atoms with Crippen molar-refractivity contribution in [3.63, 3.8) is 0 Å². The van der Waals surface area contributed by atoms with Crippen molar-refractivity contribution in [1.82, 2.24) is 5.32 Å². The van der Waals surface area contributed by atoms with E-state index in [1.54, 1.807) is 18.2 Å². The summed E-state index contributed by atoms with van der Waals surface area (Å²) in [5, 5.41) is 22.9. The number of carbonyl (C=O) groups excluding carboxylic acids is 1. The Bertz CT molecular complexity index is 1030. The molecule has 0 bridgehead atoms. The maximum Gasteiger partial charge on any atom is 0.337 e. The number of benzene rings is 2. The van der Waals surface area contributed by atoms with Crippen LogP contribution in [0.3, 0.4) is 0 Å². The van der Waals surface area contributed by atoms with Gasteiger partial charge in [0.05, 0.1) is 21.1 Å². The lowest BCUT2D eigenvalue weighted by atomic mass is 10.1. The lowest BCUT2D eigenvalue weighted by molar-refractivity contribution is -0.384. The molecule has 9 heteroatoms. The molecule has 0 atom stereocenters. The quantitative estimate of drug-likeness (QED) is 0.473. The minimum Gasteiger partial charge on any atom is -0.478 e. The third-order valence-electron chi connectivity index (χ3n) is 3.64. The van der Waals surface area contributed by atoms with Crippen LogP contribution < -0.4 is 5.32 Å². The molecule has 1 aliphatic heterocycles. The molecular weight excluding hydrogens is 370 g/mol. The largest absolute Gasteiger partial charge is 0.478 e. The van der Waals surface area contributed by atoms with E-state index in [4.69, 9.17) is 0 Å². The van der Waals surface area contributed by atoms with E-state index in [2.05, 4.69) is 10.3 Å². The van der Waals surface area contributed by atoms with E-state index in [0.29, 0.717) is 10.5 Å². The number of nitrogens with one attached hydrogen (secondary N) is 1. The van der Waals surface area contributed by atoms with E-state index in [0.717, 1.165) is 17.3 Å². The molecule has 2 aromatic carbocycles. The van der Waals surface area contributed by atoms with Crippen molar-refractivity contribution >= 4 is 46.3 Å². The number of hydrogen-bond acceptors (Lipinski definition) is 6. The third-order valence-corrected chi connectivity index (χ3v) is 4.55. The highest BCUT2D eigenvalue weighted by Gasteiger charge is 2.24. The van der Waals surface area contributed by atoms with Crippen molar-refractivity contribution in [2.24, 2.45) is 4.99 Å². The standard InChI is InChI=1S/C18H13N3O5S/c1-10-5-6-13(17(23)24)14(7-10)19-18-20-16(22)15(27-18)9-11-3-2-4-12(8-11)21(25)26/h2-9H,1H3,(H,23,24)(H,19,20,22)/b15-9-. The van der Waals surface area contributed by atoms with Gasteiger partial charge in [-0.3, -0.25) is 14.9 Å². The average Bonchev–Trinajstić information content (AvgIpc) is 2.94. The summed E-state index contributed by atoms with van der Waals surface area (Å²) in [4.78, 5) is 38.4.